The Balaban J connectivity index is 2.11. The van der Waals surface area contributed by atoms with Crippen molar-refractivity contribution in [1.29, 1.82) is 0 Å². The molecule has 0 bridgehead atoms. The highest BCUT2D eigenvalue weighted by Gasteiger charge is 2.03. The summed E-state index contributed by atoms with van der Waals surface area (Å²) < 4.78 is 0. The van der Waals surface area contributed by atoms with E-state index in [0.717, 1.165) is 16.6 Å². The molecule has 0 saturated heterocycles. The predicted octanol–water partition coefficient (Wildman–Crippen LogP) is 3.16. The van der Waals surface area contributed by atoms with E-state index in [9.17, 15) is 4.79 Å². The number of hydrogen-bond acceptors (Lipinski definition) is 3. The normalized spacial score (nSPS) is 10.5. The summed E-state index contributed by atoms with van der Waals surface area (Å²) in [6.45, 7) is 0.584. The van der Waals surface area contributed by atoms with Crippen LogP contribution >= 0.6 is 11.6 Å². The minimum absolute atomic E-state index is 0.156. The van der Waals surface area contributed by atoms with E-state index < -0.39 is 5.97 Å². The Kier molecular flexibility index (Phi) is 3.99. The maximum Gasteiger partial charge on any atom is 0.303 e. The molecule has 0 fully saturated rings. The molecule has 0 aliphatic rings. The van der Waals surface area contributed by atoms with E-state index in [2.05, 4.69) is 10.3 Å². The van der Waals surface area contributed by atoms with Crippen molar-refractivity contribution in [3.8, 4) is 0 Å². The molecule has 1 aromatic carbocycles. The molecule has 0 aliphatic carbocycles. The molecule has 0 radical (unpaired) electrons. The second-order valence-corrected chi connectivity index (χ2v) is 4.39. The van der Waals surface area contributed by atoms with Crippen molar-refractivity contribution in [3.05, 3.63) is 35.5 Å². The first-order valence-electron chi connectivity index (χ1n) is 5.67. The van der Waals surface area contributed by atoms with Crippen LogP contribution in [0.15, 0.2) is 30.5 Å². The summed E-state index contributed by atoms with van der Waals surface area (Å²) in [6, 6.07) is 7.49. The summed E-state index contributed by atoms with van der Waals surface area (Å²) in [7, 11) is 0. The average molecular weight is 265 g/mol. The lowest BCUT2D eigenvalue weighted by Gasteiger charge is -2.08. The lowest BCUT2D eigenvalue weighted by atomic mass is 10.1. The van der Waals surface area contributed by atoms with Gasteiger partial charge >= 0.3 is 5.97 Å². The van der Waals surface area contributed by atoms with Crippen molar-refractivity contribution in [2.75, 3.05) is 11.9 Å². The lowest BCUT2D eigenvalue weighted by molar-refractivity contribution is -0.137. The molecule has 0 aliphatic heterocycles. The summed E-state index contributed by atoms with van der Waals surface area (Å²) in [5.41, 5.74) is 0. The summed E-state index contributed by atoms with van der Waals surface area (Å²) >= 11 is 5.93. The van der Waals surface area contributed by atoms with E-state index >= 15 is 0 Å². The highest BCUT2D eigenvalue weighted by atomic mass is 35.5. The standard InChI is InChI=1S/C13H13ClN2O2/c14-10-3-4-11-9(8-10)5-7-16-13(11)15-6-1-2-12(17)18/h3-5,7-8H,1-2,6H2,(H,15,16)(H,17,18). The number of aromatic nitrogens is 1. The van der Waals surface area contributed by atoms with Crippen LogP contribution in [0.3, 0.4) is 0 Å². The Hall–Kier alpha value is -1.81. The van der Waals surface area contributed by atoms with Crippen LogP contribution in [-0.4, -0.2) is 22.6 Å². The number of halogens is 1. The molecule has 0 unspecified atom stereocenters. The third kappa shape index (κ3) is 3.11. The van der Waals surface area contributed by atoms with Crippen molar-refractivity contribution < 1.29 is 9.90 Å². The van der Waals surface area contributed by atoms with Gasteiger partial charge < -0.3 is 10.4 Å². The zero-order chi connectivity index (χ0) is 13.0. The molecular weight excluding hydrogens is 252 g/mol. The Morgan fingerprint density at radius 3 is 3.00 bits per heavy atom. The van der Waals surface area contributed by atoms with E-state index in [1.54, 1.807) is 6.20 Å². The molecule has 1 aromatic heterocycles. The van der Waals surface area contributed by atoms with Gasteiger partial charge in [0.2, 0.25) is 0 Å². The van der Waals surface area contributed by atoms with Crippen LogP contribution in [0.1, 0.15) is 12.8 Å². The van der Waals surface area contributed by atoms with Crippen molar-refractivity contribution in [2.45, 2.75) is 12.8 Å². The van der Waals surface area contributed by atoms with Crippen LogP contribution in [0.25, 0.3) is 10.8 Å². The van der Waals surface area contributed by atoms with Gasteiger partial charge in [0.1, 0.15) is 5.82 Å². The summed E-state index contributed by atoms with van der Waals surface area (Å²) in [6.07, 6.45) is 2.43. The first-order chi connectivity index (χ1) is 8.66. The molecule has 0 saturated carbocycles. The van der Waals surface area contributed by atoms with Crippen molar-refractivity contribution in [3.63, 3.8) is 0 Å². The van der Waals surface area contributed by atoms with Gasteiger partial charge in [-0.15, -0.1) is 0 Å². The average Bonchev–Trinajstić information content (AvgIpc) is 2.34. The van der Waals surface area contributed by atoms with Crippen LogP contribution in [0.5, 0.6) is 0 Å². The molecule has 0 spiro atoms. The number of benzene rings is 1. The van der Waals surface area contributed by atoms with E-state index in [-0.39, 0.29) is 6.42 Å². The third-order valence-electron chi connectivity index (χ3n) is 2.59. The van der Waals surface area contributed by atoms with Crippen LogP contribution in [0.4, 0.5) is 5.82 Å². The number of carbonyl (C=O) groups is 1. The topological polar surface area (TPSA) is 62.2 Å². The third-order valence-corrected chi connectivity index (χ3v) is 2.82. The number of carboxylic acids is 1. The number of rotatable bonds is 5. The fourth-order valence-corrected chi connectivity index (χ4v) is 1.92. The minimum Gasteiger partial charge on any atom is -0.481 e. The van der Waals surface area contributed by atoms with Gasteiger partial charge in [0.05, 0.1) is 0 Å². The maximum absolute atomic E-state index is 10.4. The first-order valence-corrected chi connectivity index (χ1v) is 6.04. The van der Waals surface area contributed by atoms with Gasteiger partial charge in [0, 0.05) is 29.6 Å². The van der Waals surface area contributed by atoms with E-state index in [4.69, 9.17) is 16.7 Å². The predicted molar refractivity (Wildman–Crippen MR) is 72.1 cm³/mol. The smallest absolute Gasteiger partial charge is 0.303 e. The number of carboxylic acid groups (broad SMARTS) is 1. The molecule has 2 rings (SSSR count). The first kappa shape index (κ1) is 12.6. The van der Waals surface area contributed by atoms with E-state index in [1.807, 2.05) is 24.3 Å². The number of nitrogens with one attached hydrogen (secondary N) is 1. The Morgan fingerprint density at radius 1 is 1.39 bits per heavy atom. The number of pyridine rings is 1. The van der Waals surface area contributed by atoms with Crippen molar-refractivity contribution >= 4 is 34.2 Å². The molecule has 0 amide bonds. The second kappa shape index (κ2) is 5.69. The summed E-state index contributed by atoms with van der Waals surface area (Å²) in [5, 5.41) is 14.4. The van der Waals surface area contributed by atoms with Gasteiger partial charge in [0.25, 0.3) is 0 Å². The second-order valence-electron chi connectivity index (χ2n) is 3.95. The SMILES string of the molecule is O=C(O)CCCNc1nccc2cc(Cl)ccc12. The Morgan fingerprint density at radius 2 is 2.22 bits per heavy atom. The van der Waals surface area contributed by atoms with Gasteiger partial charge in [-0.25, -0.2) is 4.98 Å². The van der Waals surface area contributed by atoms with Gasteiger partial charge in [-0.1, -0.05) is 11.6 Å². The van der Waals surface area contributed by atoms with Crippen LogP contribution in [0, 0.1) is 0 Å². The quantitative estimate of drug-likeness (QED) is 0.815. The van der Waals surface area contributed by atoms with Crippen molar-refractivity contribution in [1.82, 2.24) is 4.98 Å². The molecule has 2 aromatic rings. The van der Waals surface area contributed by atoms with Gasteiger partial charge in [0.15, 0.2) is 0 Å². The number of anilines is 1. The van der Waals surface area contributed by atoms with Gasteiger partial charge in [-0.2, -0.15) is 0 Å². The molecule has 5 heteroatoms. The fraction of sp³-hybridized carbons (Fsp3) is 0.231. The Labute approximate surface area is 110 Å². The fourth-order valence-electron chi connectivity index (χ4n) is 1.74. The minimum atomic E-state index is -0.783. The highest BCUT2D eigenvalue weighted by Crippen LogP contribution is 2.24. The molecule has 2 N–H and O–H groups in total. The summed E-state index contributed by atoms with van der Waals surface area (Å²) in [4.78, 5) is 14.7. The number of hydrogen-bond donors (Lipinski definition) is 2. The van der Waals surface area contributed by atoms with Crippen molar-refractivity contribution in [2.24, 2.45) is 0 Å². The lowest BCUT2D eigenvalue weighted by Crippen LogP contribution is -2.06. The number of aliphatic carboxylic acids is 1. The molecule has 1 heterocycles. The highest BCUT2D eigenvalue weighted by molar-refractivity contribution is 6.31. The molecule has 4 nitrogen and oxygen atoms in total. The zero-order valence-electron chi connectivity index (χ0n) is 9.69. The summed E-state index contributed by atoms with van der Waals surface area (Å²) in [5.74, 6) is -0.0241. The van der Waals surface area contributed by atoms with Crippen LogP contribution in [-0.2, 0) is 4.79 Å². The van der Waals surface area contributed by atoms with Crippen LogP contribution < -0.4 is 5.32 Å². The molecular formula is C13H13ClN2O2. The molecule has 18 heavy (non-hydrogen) atoms. The van der Waals surface area contributed by atoms with Gasteiger partial charge in [-0.3, -0.25) is 4.79 Å². The maximum atomic E-state index is 10.4. The molecule has 94 valence electrons. The Bertz CT molecular complexity index is 572. The van der Waals surface area contributed by atoms with Gasteiger partial charge in [-0.05, 0) is 36.1 Å². The largest absolute Gasteiger partial charge is 0.481 e. The van der Waals surface area contributed by atoms with Crippen LogP contribution in [0.2, 0.25) is 5.02 Å². The van der Waals surface area contributed by atoms with E-state index in [0.29, 0.717) is 18.0 Å². The zero-order valence-corrected chi connectivity index (χ0v) is 10.4. The monoisotopic (exact) mass is 264 g/mol. The number of nitrogens with zero attached hydrogens (tertiary/aromatic N) is 1. The molecule has 0 atom stereocenters. The number of fused-ring (bicyclic) bond motifs is 1. The van der Waals surface area contributed by atoms with E-state index in [1.165, 1.54) is 0 Å².